The third kappa shape index (κ3) is 5.69. The van der Waals surface area contributed by atoms with E-state index in [2.05, 4.69) is 10.3 Å². The van der Waals surface area contributed by atoms with E-state index in [-0.39, 0.29) is 12.6 Å². The number of pyridine rings is 1. The molecule has 0 saturated carbocycles. The van der Waals surface area contributed by atoms with E-state index in [1.54, 1.807) is 17.4 Å². The average Bonchev–Trinajstić information content (AvgIpc) is 2.58. The minimum absolute atomic E-state index is 0.0852. The van der Waals surface area contributed by atoms with Gasteiger partial charge in [-0.05, 0) is 29.8 Å². The molecule has 2 rings (SSSR count). The monoisotopic (exact) mass is 391 g/mol. The summed E-state index contributed by atoms with van der Waals surface area (Å²) in [5, 5.41) is 3.91. The van der Waals surface area contributed by atoms with Gasteiger partial charge in [-0.2, -0.15) is 26.3 Å². The SMILES string of the molecule is O=C(NCc1cccnc1)C(=O)Nc1cc(C(F)(F)F)cc(C(F)(F)F)c1. The molecule has 0 atom stereocenters. The number of carbonyl (C=O) groups excluding carboxylic acids is 2. The van der Waals surface area contributed by atoms with Crippen LogP contribution in [0.1, 0.15) is 16.7 Å². The third-order valence-corrected chi connectivity index (χ3v) is 3.23. The number of nitrogens with zero attached hydrogens (tertiary/aromatic N) is 1. The Bertz CT molecular complexity index is 802. The fraction of sp³-hybridized carbons (Fsp3) is 0.188. The molecular formula is C16H11F6N3O2. The van der Waals surface area contributed by atoms with Crippen molar-refractivity contribution in [2.24, 2.45) is 0 Å². The number of hydrogen-bond donors (Lipinski definition) is 2. The molecule has 0 radical (unpaired) electrons. The lowest BCUT2D eigenvalue weighted by Gasteiger charge is -2.14. The average molecular weight is 391 g/mol. The minimum Gasteiger partial charge on any atom is -0.344 e. The molecule has 0 aliphatic carbocycles. The van der Waals surface area contributed by atoms with Gasteiger partial charge in [-0.3, -0.25) is 14.6 Å². The second-order valence-electron chi connectivity index (χ2n) is 5.29. The number of nitrogens with one attached hydrogen (secondary N) is 2. The maximum atomic E-state index is 12.8. The Morgan fingerprint density at radius 3 is 2.00 bits per heavy atom. The Hall–Kier alpha value is -3.11. The summed E-state index contributed by atoms with van der Waals surface area (Å²) in [4.78, 5) is 27.2. The fourth-order valence-corrected chi connectivity index (χ4v) is 1.98. The first-order valence-corrected chi connectivity index (χ1v) is 7.24. The lowest BCUT2D eigenvalue weighted by molar-refractivity contribution is -0.143. The summed E-state index contributed by atoms with van der Waals surface area (Å²) in [6.07, 6.45) is -7.25. The zero-order chi connectivity index (χ0) is 20.2. The van der Waals surface area contributed by atoms with E-state index in [0.29, 0.717) is 17.7 Å². The van der Waals surface area contributed by atoms with Crippen LogP contribution >= 0.6 is 0 Å². The Kier molecular flexibility index (Phi) is 5.72. The molecule has 0 unspecified atom stereocenters. The normalized spacial score (nSPS) is 11.8. The van der Waals surface area contributed by atoms with Crippen molar-refractivity contribution in [1.29, 1.82) is 0 Å². The van der Waals surface area contributed by atoms with Crippen LogP contribution in [0.2, 0.25) is 0 Å². The first-order chi connectivity index (χ1) is 12.5. The van der Waals surface area contributed by atoms with E-state index in [4.69, 9.17) is 0 Å². The van der Waals surface area contributed by atoms with Gasteiger partial charge in [0.15, 0.2) is 0 Å². The molecule has 2 aromatic rings. The maximum Gasteiger partial charge on any atom is 0.416 e. The highest BCUT2D eigenvalue weighted by Gasteiger charge is 2.37. The van der Waals surface area contributed by atoms with Gasteiger partial charge in [-0.25, -0.2) is 0 Å². The van der Waals surface area contributed by atoms with Gasteiger partial charge in [0.05, 0.1) is 11.1 Å². The van der Waals surface area contributed by atoms with Gasteiger partial charge in [0.2, 0.25) is 0 Å². The molecule has 1 aromatic heterocycles. The van der Waals surface area contributed by atoms with E-state index in [1.165, 1.54) is 12.4 Å². The number of alkyl halides is 6. The highest BCUT2D eigenvalue weighted by molar-refractivity contribution is 6.39. The lowest BCUT2D eigenvalue weighted by atomic mass is 10.1. The number of carbonyl (C=O) groups is 2. The summed E-state index contributed by atoms with van der Waals surface area (Å²) in [6, 6.07) is 3.69. The van der Waals surface area contributed by atoms with Gasteiger partial charge < -0.3 is 10.6 Å². The van der Waals surface area contributed by atoms with Crippen molar-refractivity contribution in [1.82, 2.24) is 10.3 Å². The highest BCUT2D eigenvalue weighted by atomic mass is 19.4. The zero-order valence-corrected chi connectivity index (χ0v) is 13.3. The minimum atomic E-state index is -5.07. The smallest absolute Gasteiger partial charge is 0.344 e. The van der Waals surface area contributed by atoms with Crippen LogP contribution in [0.25, 0.3) is 0 Å². The van der Waals surface area contributed by atoms with Crippen LogP contribution in [-0.2, 0) is 28.5 Å². The zero-order valence-electron chi connectivity index (χ0n) is 13.3. The van der Waals surface area contributed by atoms with Gasteiger partial charge in [0, 0.05) is 24.6 Å². The molecular weight excluding hydrogens is 380 g/mol. The Morgan fingerprint density at radius 2 is 1.52 bits per heavy atom. The summed E-state index contributed by atoms with van der Waals surface area (Å²) < 4.78 is 76.7. The topological polar surface area (TPSA) is 71.1 Å². The Balaban J connectivity index is 2.15. The van der Waals surface area contributed by atoms with Crippen molar-refractivity contribution in [3.63, 3.8) is 0 Å². The first kappa shape index (κ1) is 20.2. The maximum absolute atomic E-state index is 12.8. The largest absolute Gasteiger partial charge is 0.416 e. The molecule has 2 N–H and O–H groups in total. The second kappa shape index (κ2) is 7.64. The predicted octanol–water partition coefficient (Wildman–Crippen LogP) is 3.37. The standard InChI is InChI=1S/C16H11F6N3O2/c17-15(18,19)10-4-11(16(20,21)22)6-12(5-10)25-14(27)13(26)24-8-9-2-1-3-23-7-9/h1-7H,8H2,(H,24,26)(H,25,27). The summed E-state index contributed by atoms with van der Waals surface area (Å²) in [6.45, 7) is -0.101. The van der Waals surface area contributed by atoms with Crippen LogP contribution in [0.4, 0.5) is 32.0 Å². The third-order valence-electron chi connectivity index (χ3n) is 3.23. The van der Waals surface area contributed by atoms with E-state index >= 15 is 0 Å². The van der Waals surface area contributed by atoms with E-state index < -0.39 is 41.0 Å². The van der Waals surface area contributed by atoms with Gasteiger partial charge in [-0.15, -0.1) is 0 Å². The number of hydrogen-bond acceptors (Lipinski definition) is 3. The molecule has 11 heteroatoms. The molecule has 0 fully saturated rings. The molecule has 5 nitrogen and oxygen atoms in total. The molecule has 0 bridgehead atoms. The molecule has 0 aliphatic rings. The van der Waals surface area contributed by atoms with E-state index in [0.717, 1.165) is 0 Å². The molecule has 144 valence electrons. The van der Waals surface area contributed by atoms with Crippen LogP contribution in [-0.4, -0.2) is 16.8 Å². The van der Waals surface area contributed by atoms with Gasteiger partial charge in [0.1, 0.15) is 0 Å². The molecule has 0 spiro atoms. The van der Waals surface area contributed by atoms with Crippen molar-refractivity contribution >= 4 is 17.5 Å². The van der Waals surface area contributed by atoms with Crippen molar-refractivity contribution in [3.8, 4) is 0 Å². The summed E-state index contributed by atoms with van der Waals surface area (Å²) in [7, 11) is 0. The quantitative estimate of drug-likeness (QED) is 0.623. The van der Waals surface area contributed by atoms with Crippen molar-refractivity contribution < 1.29 is 35.9 Å². The summed E-state index contributed by atoms with van der Waals surface area (Å²) >= 11 is 0. The molecule has 0 saturated heterocycles. The number of amides is 2. The van der Waals surface area contributed by atoms with E-state index in [9.17, 15) is 35.9 Å². The highest BCUT2D eigenvalue weighted by Crippen LogP contribution is 2.37. The number of halogens is 6. The number of benzene rings is 1. The summed E-state index contributed by atoms with van der Waals surface area (Å²) in [5.74, 6) is -2.64. The van der Waals surface area contributed by atoms with Crippen molar-refractivity contribution in [3.05, 3.63) is 59.4 Å². The lowest BCUT2D eigenvalue weighted by Crippen LogP contribution is -2.35. The van der Waals surface area contributed by atoms with Crippen LogP contribution in [0.15, 0.2) is 42.7 Å². The predicted molar refractivity (Wildman–Crippen MR) is 81.2 cm³/mol. The molecule has 1 heterocycles. The van der Waals surface area contributed by atoms with Crippen LogP contribution in [0.5, 0.6) is 0 Å². The second-order valence-corrected chi connectivity index (χ2v) is 5.29. The van der Waals surface area contributed by atoms with Crippen molar-refractivity contribution in [2.45, 2.75) is 18.9 Å². The van der Waals surface area contributed by atoms with Gasteiger partial charge in [0.25, 0.3) is 0 Å². The molecule has 0 aliphatic heterocycles. The Labute approximate surface area is 148 Å². The molecule has 27 heavy (non-hydrogen) atoms. The number of anilines is 1. The van der Waals surface area contributed by atoms with Crippen LogP contribution in [0, 0.1) is 0 Å². The number of aromatic nitrogens is 1. The van der Waals surface area contributed by atoms with Gasteiger partial charge >= 0.3 is 24.2 Å². The van der Waals surface area contributed by atoms with E-state index in [1.807, 2.05) is 0 Å². The molecule has 2 amide bonds. The van der Waals surface area contributed by atoms with Crippen LogP contribution in [0.3, 0.4) is 0 Å². The first-order valence-electron chi connectivity index (χ1n) is 7.24. The van der Waals surface area contributed by atoms with Crippen LogP contribution < -0.4 is 10.6 Å². The Morgan fingerprint density at radius 1 is 0.926 bits per heavy atom. The summed E-state index contributed by atoms with van der Waals surface area (Å²) in [5.41, 5.74) is -3.48. The van der Waals surface area contributed by atoms with Gasteiger partial charge in [-0.1, -0.05) is 6.07 Å². The number of rotatable bonds is 3. The molecule has 1 aromatic carbocycles. The fourth-order valence-electron chi connectivity index (χ4n) is 1.98. The van der Waals surface area contributed by atoms with Crippen molar-refractivity contribution in [2.75, 3.05) is 5.32 Å².